The van der Waals surface area contributed by atoms with Gasteiger partial charge in [-0.05, 0) is 48.6 Å². The lowest BCUT2D eigenvalue weighted by atomic mass is 10.0. The number of fused-ring (bicyclic) bond motifs is 1. The van der Waals surface area contributed by atoms with E-state index in [1.54, 1.807) is 14.2 Å². The van der Waals surface area contributed by atoms with Gasteiger partial charge in [0.05, 0.1) is 20.3 Å². The van der Waals surface area contributed by atoms with E-state index in [0.29, 0.717) is 17.9 Å². The maximum absolute atomic E-state index is 10.6. The molecule has 0 aliphatic carbocycles. The molecule has 0 bridgehead atoms. The van der Waals surface area contributed by atoms with Crippen LogP contribution in [0, 0.1) is 0 Å². The molecule has 0 saturated carbocycles. The minimum absolute atomic E-state index is 0.515. The van der Waals surface area contributed by atoms with Gasteiger partial charge in [-0.25, -0.2) is 0 Å². The maximum Gasteiger partial charge on any atom is 0.161 e. The molecule has 1 N–H and O–H groups in total. The molecule has 0 aromatic heterocycles. The quantitative estimate of drug-likeness (QED) is 0.880. The van der Waals surface area contributed by atoms with Gasteiger partial charge in [-0.15, -0.1) is 0 Å². The molecular weight excluding hydrogens is 302 g/mol. The summed E-state index contributed by atoms with van der Waals surface area (Å²) >= 11 is 0. The summed E-state index contributed by atoms with van der Waals surface area (Å²) in [5, 5.41) is 10.6. The molecule has 2 aromatic carbocycles. The second-order valence-corrected chi connectivity index (χ2v) is 6.14. The highest BCUT2D eigenvalue weighted by molar-refractivity contribution is 5.55. The van der Waals surface area contributed by atoms with Crippen molar-refractivity contribution in [3.05, 3.63) is 53.6 Å². The fraction of sp³-hybridized carbons (Fsp3) is 0.400. The molecule has 0 spiro atoms. The highest BCUT2D eigenvalue weighted by atomic mass is 16.5. The number of benzene rings is 2. The predicted octanol–water partition coefficient (Wildman–Crippen LogP) is 3.58. The van der Waals surface area contributed by atoms with Crippen LogP contribution in [0.1, 0.15) is 30.1 Å². The van der Waals surface area contributed by atoms with E-state index in [2.05, 4.69) is 29.2 Å². The van der Waals surface area contributed by atoms with E-state index in [4.69, 9.17) is 9.47 Å². The lowest BCUT2D eigenvalue weighted by Gasteiger charge is -2.32. The van der Waals surface area contributed by atoms with Gasteiger partial charge in [-0.3, -0.25) is 0 Å². The molecule has 3 rings (SSSR count). The normalized spacial score (nSPS) is 14.9. The predicted molar refractivity (Wildman–Crippen MR) is 96.1 cm³/mol. The monoisotopic (exact) mass is 327 g/mol. The molecule has 0 fully saturated rings. The second-order valence-electron chi connectivity index (χ2n) is 6.14. The standard InChI is InChI=1S/C20H25NO3/c1-23-19-10-9-16(14-20(19)24-2)18(22)11-13-21-12-5-7-15-6-3-4-8-17(15)21/h3-4,6,8-10,14,18,22H,5,7,11-13H2,1-2H3. The zero-order valence-electron chi connectivity index (χ0n) is 14.4. The van der Waals surface area contributed by atoms with Crippen LogP contribution in [-0.2, 0) is 6.42 Å². The Kier molecular flexibility index (Phi) is 5.26. The molecule has 4 heteroatoms. The Morgan fingerprint density at radius 2 is 1.88 bits per heavy atom. The molecule has 4 nitrogen and oxygen atoms in total. The summed E-state index contributed by atoms with van der Waals surface area (Å²) in [5.41, 5.74) is 3.57. The number of hydrogen-bond acceptors (Lipinski definition) is 4. The lowest BCUT2D eigenvalue weighted by Crippen LogP contribution is -2.31. The first-order chi connectivity index (χ1) is 11.7. The summed E-state index contributed by atoms with van der Waals surface area (Å²) in [7, 11) is 3.22. The number of anilines is 1. The topological polar surface area (TPSA) is 41.9 Å². The SMILES string of the molecule is COc1ccc(C(O)CCN2CCCc3ccccc32)cc1OC. The lowest BCUT2D eigenvalue weighted by molar-refractivity contribution is 0.168. The first-order valence-electron chi connectivity index (χ1n) is 8.45. The van der Waals surface area contributed by atoms with Gasteiger partial charge in [0.15, 0.2) is 11.5 Å². The number of para-hydroxylation sites is 1. The van der Waals surface area contributed by atoms with Crippen LogP contribution in [0.2, 0.25) is 0 Å². The molecule has 0 amide bonds. The molecule has 1 atom stereocenters. The van der Waals surface area contributed by atoms with Crippen molar-refractivity contribution in [3.8, 4) is 11.5 Å². The average molecular weight is 327 g/mol. The van der Waals surface area contributed by atoms with Gasteiger partial charge >= 0.3 is 0 Å². The number of nitrogens with zero attached hydrogens (tertiary/aromatic N) is 1. The average Bonchev–Trinajstić information content (AvgIpc) is 2.65. The highest BCUT2D eigenvalue weighted by Crippen LogP contribution is 2.32. The summed E-state index contributed by atoms with van der Waals surface area (Å²) < 4.78 is 10.6. The molecule has 128 valence electrons. The number of aliphatic hydroxyl groups is 1. The third-order valence-electron chi connectivity index (χ3n) is 4.67. The van der Waals surface area contributed by atoms with Gasteiger partial charge in [0.1, 0.15) is 0 Å². The zero-order valence-corrected chi connectivity index (χ0v) is 14.4. The minimum Gasteiger partial charge on any atom is -0.493 e. The highest BCUT2D eigenvalue weighted by Gasteiger charge is 2.18. The van der Waals surface area contributed by atoms with Crippen molar-refractivity contribution >= 4 is 5.69 Å². The van der Waals surface area contributed by atoms with Crippen LogP contribution in [0.15, 0.2) is 42.5 Å². The van der Waals surface area contributed by atoms with E-state index >= 15 is 0 Å². The summed E-state index contributed by atoms with van der Waals surface area (Å²) in [6.45, 7) is 1.89. The Morgan fingerprint density at radius 1 is 1.08 bits per heavy atom. The molecule has 0 saturated heterocycles. The summed E-state index contributed by atoms with van der Waals surface area (Å²) in [5.74, 6) is 1.33. The summed E-state index contributed by atoms with van der Waals surface area (Å²) in [4.78, 5) is 2.38. The third-order valence-corrected chi connectivity index (χ3v) is 4.67. The number of rotatable bonds is 6. The number of aryl methyl sites for hydroxylation is 1. The Balaban J connectivity index is 1.67. The number of hydrogen-bond donors (Lipinski definition) is 1. The van der Waals surface area contributed by atoms with Crippen molar-refractivity contribution in [3.63, 3.8) is 0 Å². The molecule has 24 heavy (non-hydrogen) atoms. The molecule has 1 heterocycles. The van der Waals surface area contributed by atoms with Crippen LogP contribution in [0.25, 0.3) is 0 Å². The van der Waals surface area contributed by atoms with Gasteiger partial charge in [0.2, 0.25) is 0 Å². The fourth-order valence-electron chi connectivity index (χ4n) is 3.35. The summed E-state index contributed by atoms with van der Waals surface area (Å²) in [6, 6.07) is 14.2. The third kappa shape index (κ3) is 3.49. The Hall–Kier alpha value is -2.20. The van der Waals surface area contributed by atoms with Crippen LogP contribution in [0.5, 0.6) is 11.5 Å². The van der Waals surface area contributed by atoms with E-state index in [-0.39, 0.29) is 0 Å². The van der Waals surface area contributed by atoms with Crippen LogP contribution >= 0.6 is 0 Å². The van der Waals surface area contributed by atoms with Gasteiger partial charge < -0.3 is 19.5 Å². The van der Waals surface area contributed by atoms with Crippen LogP contribution in [-0.4, -0.2) is 32.4 Å². The second kappa shape index (κ2) is 7.58. The number of methoxy groups -OCH3 is 2. The number of aliphatic hydroxyl groups excluding tert-OH is 1. The maximum atomic E-state index is 10.6. The fourth-order valence-corrected chi connectivity index (χ4v) is 3.35. The first-order valence-corrected chi connectivity index (χ1v) is 8.45. The Morgan fingerprint density at radius 3 is 2.67 bits per heavy atom. The van der Waals surface area contributed by atoms with Crippen LogP contribution in [0.3, 0.4) is 0 Å². The molecule has 1 aliphatic rings. The minimum atomic E-state index is -0.515. The smallest absolute Gasteiger partial charge is 0.161 e. The van der Waals surface area contributed by atoms with Crippen molar-refractivity contribution in [1.82, 2.24) is 0 Å². The van der Waals surface area contributed by atoms with Crippen LogP contribution < -0.4 is 14.4 Å². The molecule has 1 aliphatic heterocycles. The molecule has 1 unspecified atom stereocenters. The number of ether oxygens (including phenoxy) is 2. The van der Waals surface area contributed by atoms with Crippen LogP contribution in [0.4, 0.5) is 5.69 Å². The van der Waals surface area contributed by atoms with Crippen molar-refractivity contribution in [2.24, 2.45) is 0 Å². The molecular formula is C20H25NO3. The van der Waals surface area contributed by atoms with E-state index in [1.165, 1.54) is 17.7 Å². The van der Waals surface area contributed by atoms with Gasteiger partial charge in [-0.2, -0.15) is 0 Å². The van der Waals surface area contributed by atoms with E-state index in [9.17, 15) is 5.11 Å². The van der Waals surface area contributed by atoms with Crippen molar-refractivity contribution < 1.29 is 14.6 Å². The first kappa shape index (κ1) is 16.7. The Labute approximate surface area is 143 Å². The van der Waals surface area contributed by atoms with Crippen molar-refractivity contribution in [1.29, 1.82) is 0 Å². The zero-order chi connectivity index (χ0) is 16.9. The largest absolute Gasteiger partial charge is 0.493 e. The van der Waals surface area contributed by atoms with E-state index in [0.717, 1.165) is 25.1 Å². The molecule has 2 aromatic rings. The van der Waals surface area contributed by atoms with Crippen molar-refractivity contribution in [2.45, 2.75) is 25.4 Å². The van der Waals surface area contributed by atoms with Gasteiger partial charge in [-0.1, -0.05) is 24.3 Å². The van der Waals surface area contributed by atoms with E-state index in [1.807, 2.05) is 18.2 Å². The van der Waals surface area contributed by atoms with Gasteiger partial charge in [0, 0.05) is 18.8 Å². The molecule has 0 radical (unpaired) electrons. The Bertz CT molecular complexity index is 686. The van der Waals surface area contributed by atoms with E-state index < -0.39 is 6.10 Å². The van der Waals surface area contributed by atoms with Gasteiger partial charge in [0.25, 0.3) is 0 Å². The summed E-state index contributed by atoms with van der Waals surface area (Å²) in [6.07, 6.45) is 2.48. The van der Waals surface area contributed by atoms with Crippen molar-refractivity contribution in [2.75, 3.05) is 32.2 Å².